The fraction of sp³-hybridized carbons (Fsp3) is 0.0769. The minimum absolute atomic E-state index is 0.114. The summed E-state index contributed by atoms with van der Waals surface area (Å²) in [6.07, 6.45) is 0. The molecule has 0 saturated carbocycles. The summed E-state index contributed by atoms with van der Waals surface area (Å²) in [6, 6.07) is 7.87. The third kappa shape index (κ3) is 3.46. The molecule has 1 atom stereocenters. The monoisotopic (exact) mass is 516 g/mol. The Balaban J connectivity index is 2.49. The van der Waals surface area contributed by atoms with Gasteiger partial charge in [-0.15, -0.1) is 0 Å². The van der Waals surface area contributed by atoms with Crippen LogP contribution in [0.2, 0.25) is 0 Å². The molecule has 100 valence electrons. The maximum absolute atomic E-state index is 13.9. The quantitative estimate of drug-likeness (QED) is 0.305. The molecule has 0 nitrogen and oxygen atoms in total. The fourth-order valence-electron chi connectivity index (χ4n) is 1.61. The molecule has 0 heterocycles. The van der Waals surface area contributed by atoms with E-state index in [1.165, 1.54) is 6.07 Å². The maximum atomic E-state index is 13.9. The molecule has 0 radical (unpaired) electrons. The molecule has 0 N–H and O–H groups in total. The van der Waals surface area contributed by atoms with Crippen LogP contribution < -0.4 is 0 Å². The Morgan fingerprint density at radius 3 is 2.11 bits per heavy atom. The summed E-state index contributed by atoms with van der Waals surface area (Å²) >= 11 is 13.1. The van der Waals surface area contributed by atoms with Crippen LogP contribution in [-0.2, 0) is 0 Å². The smallest absolute Gasteiger partial charge is 0.137 e. The molecule has 0 aliphatic carbocycles. The van der Waals surface area contributed by atoms with Gasteiger partial charge in [0.2, 0.25) is 0 Å². The van der Waals surface area contributed by atoms with Crippen molar-refractivity contribution in [1.82, 2.24) is 0 Å². The van der Waals surface area contributed by atoms with Crippen molar-refractivity contribution < 1.29 is 8.78 Å². The van der Waals surface area contributed by atoms with E-state index in [1.54, 1.807) is 0 Å². The number of alkyl halides is 1. The first-order chi connectivity index (χ1) is 8.90. The minimum Gasteiger partial charge on any atom is -0.207 e. The highest BCUT2D eigenvalue weighted by atomic mass is 79.9. The molecule has 0 aliphatic heterocycles. The number of hydrogen-bond donors (Lipinski definition) is 0. The molecule has 0 bridgehead atoms. The van der Waals surface area contributed by atoms with Gasteiger partial charge in [0.1, 0.15) is 11.6 Å². The van der Waals surface area contributed by atoms with E-state index < -0.39 is 16.5 Å². The molecule has 19 heavy (non-hydrogen) atoms. The largest absolute Gasteiger partial charge is 0.207 e. The van der Waals surface area contributed by atoms with Crippen LogP contribution in [0, 0.1) is 11.6 Å². The summed E-state index contributed by atoms with van der Waals surface area (Å²) in [4.78, 5) is -0.433. The first kappa shape index (κ1) is 15.6. The topological polar surface area (TPSA) is 0 Å². The number of hydrogen-bond acceptors (Lipinski definition) is 0. The third-order valence-corrected chi connectivity index (χ3v) is 5.32. The summed E-state index contributed by atoms with van der Waals surface area (Å²) < 4.78 is 29.3. The highest BCUT2D eigenvalue weighted by Gasteiger charge is 2.19. The molecule has 0 spiro atoms. The zero-order valence-electron chi connectivity index (χ0n) is 9.23. The van der Waals surface area contributed by atoms with E-state index in [1.807, 2.05) is 18.2 Å². The maximum Gasteiger partial charge on any atom is 0.137 e. The first-order valence-corrected chi connectivity index (χ1v) is 8.43. The van der Waals surface area contributed by atoms with Crippen LogP contribution in [0.1, 0.15) is 16.0 Å². The van der Waals surface area contributed by atoms with Crippen LogP contribution >= 0.6 is 63.7 Å². The minimum atomic E-state index is -0.492. The van der Waals surface area contributed by atoms with Crippen molar-refractivity contribution in [3.63, 3.8) is 0 Å². The van der Waals surface area contributed by atoms with Gasteiger partial charge < -0.3 is 0 Å². The standard InChI is InChI=1S/C13H6Br4F2/c14-6-1-2-7(9(15)3-6)13(17)8-4-12(19)10(16)5-11(8)18/h1-5,13H. The summed E-state index contributed by atoms with van der Waals surface area (Å²) in [5, 5.41) is 0. The number of halogens is 6. The summed E-state index contributed by atoms with van der Waals surface area (Å²) in [5.74, 6) is -0.959. The second-order valence-corrected chi connectivity index (χ2v) is 7.36. The molecule has 2 rings (SSSR count). The van der Waals surface area contributed by atoms with Crippen molar-refractivity contribution in [3.8, 4) is 0 Å². The van der Waals surface area contributed by atoms with Crippen LogP contribution in [-0.4, -0.2) is 0 Å². The highest BCUT2D eigenvalue weighted by Crippen LogP contribution is 2.38. The Kier molecular flexibility index (Phi) is 5.20. The Bertz CT molecular complexity index is 628. The van der Waals surface area contributed by atoms with E-state index in [4.69, 9.17) is 0 Å². The van der Waals surface area contributed by atoms with Crippen molar-refractivity contribution in [2.45, 2.75) is 4.83 Å². The zero-order chi connectivity index (χ0) is 14.2. The lowest BCUT2D eigenvalue weighted by Gasteiger charge is -2.14. The van der Waals surface area contributed by atoms with Crippen molar-refractivity contribution in [3.05, 3.63) is 66.5 Å². The van der Waals surface area contributed by atoms with E-state index in [9.17, 15) is 8.78 Å². The highest BCUT2D eigenvalue weighted by molar-refractivity contribution is 9.11. The van der Waals surface area contributed by atoms with Crippen LogP contribution in [0.25, 0.3) is 0 Å². The van der Waals surface area contributed by atoms with Gasteiger partial charge in [-0.1, -0.05) is 53.9 Å². The summed E-state index contributed by atoms with van der Waals surface area (Å²) in [7, 11) is 0. The van der Waals surface area contributed by atoms with Gasteiger partial charge in [-0.25, -0.2) is 8.78 Å². The van der Waals surface area contributed by atoms with Gasteiger partial charge in [-0.05, 0) is 45.8 Å². The van der Waals surface area contributed by atoms with Crippen molar-refractivity contribution in [2.24, 2.45) is 0 Å². The number of rotatable bonds is 2. The Morgan fingerprint density at radius 2 is 1.47 bits per heavy atom. The average Bonchev–Trinajstić information content (AvgIpc) is 2.33. The number of benzene rings is 2. The molecule has 0 fully saturated rings. The molecule has 0 amide bonds. The lowest BCUT2D eigenvalue weighted by Crippen LogP contribution is -1.99. The Labute approximate surface area is 143 Å². The molecule has 0 saturated heterocycles. The predicted octanol–water partition coefficient (Wildman–Crippen LogP) is 6.74. The van der Waals surface area contributed by atoms with Crippen LogP contribution in [0.15, 0.2) is 43.7 Å². The van der Waals surface area contributed by atoms with E-state index >= 15 is 0 Å². The lowest BCUT2D eigenvalue weighted by molar-refractivity contribution is 0.583. The van der Waals surface area contributed by atoms with E-state index in [-0.39, 0.29) is 10.0 Å². The Hall–Kier alpha value is 0.220. The van der Waals surface area contributed by atoms with Gasteiger partial charge in [-0.3, -0.25) is 0 Å². The van der Waals surface area contributed by atoms with E-state index in [0.717, 1.165) is 20.6 Å². The lowest BCUT2D eigenvalue weighted by atomic mass is 10.0. The predicted molar refractivity (Wildman–Crippen MR) is 86.7 cm³/mol. The van der Waals surface area contributed by atoms with Gasteiger partial charge in [0.25, 0.3) is 0 Å². The molecule has 6 heteroatoms. The SMILES string of the molecule is Fc1cc(C(Br)c2ccc(Br)cc2Br)c(F)cc1Br. The van der Waals surface area contributed by atoms with E-state index in [2.05, 4.69) is 63.7 Å². The van der Waals surface area contributed by atoms with Crippen molar-refractivity contribution in [2.75, 3.05) is 0 Å². The van der Waals surface area contributed by atoms with Crippen LogP contribution in [0.3, 0.4) is 0 Å². The molecule has 1 unspecified atom stereocenters. The molecule has 2 aromatic rings. The Morgan fingerprint density at radius 1 is 0.789 bits per heavy atom. The van der Waals surface area contributed by atoms with Gasteiger partial charge in [0.05, 0.1) is 9.30 Å². The molecule has 0 aromatic heterocycles. The third-order valence-electron chi connectivity index (χ3n) is 2.55. The van der Waals surface area contributed by atoms with Crippen molar-refractivity contribution >= 4 is 63.7 Å². The summed E-state index contributed by atoms with van der Waals surface area (Å²) in [6.45, 7) is 0. The van der Waals surface area contributed by atoms with Crippen LogP contribution in [0.5, 0.6) is 0 Å². The van der Waals surface area contributed by atoms with Gasteiger partial charge in [0.15, 0.2) is 0 Å². The van der Waals surface area contributed by atoms with Crippen LogP contribution in [0.4, 0.5) is 8.78 Å². The summed E-state index contributed by atoms with van der Waals surface area (Å²) in [5.41, 5.74) is 1.08. The molecular weight excluding hydrogens is 514 g/mol. The fourth-order valence-corrected chi connectivity index (χ4v) is 4.26. The first-order valence-electron chi connectivity index (χ1n) is 5.13. The zero-order valence-corrected chi connectivity index (χ0v) is 15.6. The van der Waals surface area contributed by atoms with Crippen molar-refractivity contribution in [1.29, 1.82) is 0 Å². The molecule has 0 aliphatic rings. The molecule has 2 aromatic carbocycles. The van der Waals surface area contributed by atoms with Gasteiger partial charge >= 0.3 is 0 Å². The van der Waals surface area contributed by atoms with Gasteiger partial charge in [0, 0.05) is 14.5 Å². The average molecular weight is 520 g/mol. The van der Waals surface area contributed by atoms with E-state index in [0.29, 0.717) is 0 Å². The normalized spacial score (nSPS) is 12.5. The second-order valence-electron chi connectivity index (χ2n) is 3.82. The second kappa shape index (κ2) is 6.33. The molecular formula is C13H6Br4F2. The van der Waals surface area contributed by atoms with Gasteiger partial charge in [-0.2, -0.15) is 0 Å².